The zero-order valence-electron chi connectivity index (χ0n) is 11.9. The van der Waals surface area contributed by atoms with E-state index < -0.39 is 0 Å². The lowest BCUT2D eigenvalue weighted by atomic mass is 10.1. The van der Waals surface area contributed by atoms with Gasteiger partial charge in [-0.15, -0.1) is 0 Å². The van der Waals surface area contributed by atoms with Crippen LogP contribution in [0.25, 0.3) is 22.0 Å². The summed E-state index contributed by atoms with van der Waals surface area (Å²) in [6.45, 7) is 3.09. The molecule has 2 aromatic heterocycles. The fourth-order valence-electron chi connectivity index (χ4n) is 2.89. The molecule has 0 amide bonds. The summed E-state index contributed by atoms with van der Waals surface area (Å²) in [7, 11) is 0. The average molecular weight is 279 g/mol. The molecule has 2 N–H and O–H groups in total. The van der Waals surface area contributed by atoms with Crippen molar-refractivity contribution in [3.05, 3.63) is 42.1 Å². The summed E-state index contributed by atoms with van der Waals surface area (Å²) in [6.07, 6.45) is 6.16. The van der Waals surface area contributed by atoms with E-state index >= 15 is 0 Å². The summed E-state index contributed by atoms with van der Waals surface area (Å²) in [6, 6.07) is 6.55. The molecule has 1 atom stereocenters. The van der Waals surface area contributed by atoms with E-state index in [1.807, 2.05) is 25.4 Å². The molecular formula is C16H17N5. The van der Waals surface area contributed by atoms with Crippen molar-refractivity contribution in [2.45, 2.75) is 25.8 Å². The van der Waals surface area contributed by atoms with Gasteiger partial charge in [-0.25, -0.2) is 9.97 Å². The van der Waals surface area contributed by atoms with Gasteiger partial charge < -0.3 is 5.32 Å². The molecule has 1 aromatic carbocycles. The van der Waals surface area contributed by atoms with E-state index in [0.29, 0.717) is 6.04 Å². The van der Waals surface area contributed by atoms with E-state index in [0.717, 1.165) is 46.5 Å². The van der Waals surface area contributed by atoms with Gasteiger partial charge >= 0.3 is 0 Å². The van der Waals surface area contributed by atoms with Crippen molar-refractivity contribution >= 4 is 10.9 Å². The maximum Gasteiger partial charge on any atom is 0.145 e. The van der Waals surface area contributed by atoms with Gasteiger partial charge in [0.1, 0.15) is 5.82 Å². The highest BCUT2D eigenvalue weighted by atomic mass is 15.1. The second-order valence-electron chi connectivity index (χ2n) is 5.56. The Kier molecular flexibility index (Phi) is 2.93. The van der Waals surface area contributed by atoms with Crippen molar-refractivity contribution in [3.8, 4) is 11.1 Å². The lowest BCUT2D eigenvalue weighted by Crippen LogP contribution is -2.15. The van der Waals surface area contributed by atoms with Crippen LogP contribution in [0.15, 0.2) is 30.6 Å². The third-order valence-electron chi connectivity index (χ3n) is 4.12. The molecule has 3 heterocycles. The van der Waals surface area contributed by atoms with Gasteiger partial charge in [0.15, 0.2) is 0 Å². The topological polar surface area (TPSA) is 66.5 Å². The molecule has 1 unspecified atom stereocenters. The number of H-pyrrole nitrogens is 1. The first-order chi connectivity index (χ1) is 10.3. The third-order valence-corrected chi connectivity index (χ3v) is 4.12. The zero-order chi connectivity index (χ0) is 14.2. The van der Waals surface area contributed by atoms with Gasteiger partial charge in [0.05, 0.1) is 11.6 Å². The Morgan fingerprint density at radius 2 is 2.00 bits per heavy atom. The van der Waals surface area contributed by atoms with Gasteiger partial charge in [-0.1, -0.05) is 6.07 Å². The number of aryl methyl sites for hydroxylation is 1. The summed E-state index contributed by atoms with van der Waals surface area (Å²) in [5.74, 6) is 0.900. The highest BCUT2D eigenvalue weighted by Gasteiger charge is 2.18. The Bertz CT molecular complexity index is 769. The predicted molar refractivity (Wildman–Crippen MR) is 81.8 cm³/mol. The first-order valence-corrected chi connectivity index (χ1v) is 7.32. The van der Waals surface area contributed by atoms with Crippen LogP contribution in [0, 0.1) is 6.92 Å². The van der Waals surface area contributed by atoms with Crippen molar-refractivity contribution in [2.75, 3.05) is 6.54 Å². The van der Waals surface area contributed by atoms with Crippen LogP contribution in [-0.2, 0) is 0 Å². The second-order valence-corrected chi connectivity index (χ2v) is 5.56. The lowest BCUT2D eigenvalue weighted by Gasteiger charge is -2.09. The molecule has 0 aliphatic carbocycles. The molecule has 21 heavy (non-hydrogen) atoms. The molecule has 1 aliphatic heterocycles. The first kappa shape index (κ1) is 12.5. The number of nitrogens with zero attached hydrogens (tertiary/aromatic N) is 3. The number of nitrogens with one attached hydrogen (secondary N) is 2. The van der Waals surface area contributed by atoms with Gasteiger partial charge in [-0.2, -0.15) is 5.10 Å². The fourth-order valence-corrected chi connectivity index (χ4v) is 2.89. The molecule has 5 nitrogen and oxygen atoms in total. The van der Waals surface area contributed by atoms with E-state index in [-0.39, 0.29) is 0 Å². The summed E-state index contributed by atoms with van der Waals surface area (Å²) in [5.41, 5.74) is 4.24. The zero-order valence-corrected chi connectivity index (χ0v) is 11.9. The summed E-state index contributed by atoms with van der Waals surface area (Å²) in [4.78, 5) is 9.06. The normalized spacial score (nSPS) is 18.4. The molecule has 106 valence electrons. The standard InChI is InChI=1S/C16H17N5/c1-10-13-7-11(4-5-14(13)21-20-10)12-8-18-16(19-9-12)15-3-2-6-17-15/h4-5,7-9,15,17H,2-3,6H2,1H3,(H,20,21). The Morgan fingerprint density at radius 3 is 2.76 bits per heavy atom. The number of aromatic nitrogens is 4. The monoisotopic (exact) mass is 279 g/mol. The van der Waals surface area contributed by atoms with Gasteiger partial charge in [-0.3, -0.25) is 5.10 Å². The maximum absolute atomic E-state index is 4.53. The molecule has 5 heteroatoms. The van der Waals surface area contributed by atoms with E-state index in [1.54, 1.807) is 0 Å². The Labute approximate surface area is 122 Å². The van der Waals surface area contributed by atoms with Crippen LogP contribution in [0.3, 0.4) is 0 Å². The molecule has 0 saturated carbocycles. The summed E-state index contributed by atoms with van der Waals surface area (Å²) >= 11 is 0. The Balaban J connectivity index is 1.69. The number of hydrogen-bond donors (Lipinski definition) is 2. The highest BCUT2D eigenvalue weighted by Crippen LogP contribution is 2.25. The van der Waals surface area contributed by atoms with Gasteiger partial charge in [0, 0.05) is 29.0 Å². The number of benzene rings is 1. The smallest absolute Gasteiger partial charge is 0.145 e. The van der Waals surface area contributed by atoms with Crippen molar-refractivity contribution < 1.29 is 0 Å². The van der Waals surface area contributed by atoms with Crippen LogP contribution in [-0.4, -0.2) is 26.7 Å². The van der Waals surface area contributed by atoms with E-state index in [4.69, 9.17) is 0 Å². The fraction of sp³-hybridized carbons (Fsp3) is 0.312. The number of fused-ring (bicyclic) bond motifs is 1. The summed E-state index contributed by atoms with van der Waals surface area (Å²) in [5, 5.41) is 11.8. The highest BCUT2D eigenvalue weighted by molar-refractivity contribution is 5.86. The third kappa shape index (κ3) is 2.19. The molecule has 0 spiro atoms. The van der Waals surface area contributed by atoms with Crippen molar-refractivity contribution in [2.24, 2.45) is 0 Å². The molecule has 1 aliphatic rings. The van der Waals surface area contributed by atoms with Crippen LogP contribution in [0.5, 0.6) is 0 Å². The van der Waals surface area contributed by atoms with Crippen LogP contribution >= 0.6 is 0 Å². The van der Waals surface area contributed by atoms with Crippen molar-refractivity contribution in [1.82, 2.24) is 25.5 Å². The largest absolute Gasteiger partial charge is 0.307 e. The molecular weight excluding hydrogens is 262 g/mol. The number of aromatic amines is 1. The lowest BCUT2D eigenvalue weighted by molar-refractivity contribution is 0.605. The number of hydrogen-bond acceptors (Lipinski definition) is 4. The minimum absolute atomic E-state index is 0.317. The molecule has 1 fully saturated rings. The summed E-state index contributed by atoms with van der Waals surface area (Å²) < 4.78 is 0. The molecule has 0 bridgehead atoms. The molecule has 4 rings (SSSR count). The molecule has 3 aromatic rings. The Hall–Kier alpha value is -2.27. The van der Waals surface area contributed by atoms with Crippen molar-refractivity contribution in [1.29, 1.82) is 0 Å². The Morgan fingerprint density at radius 1 is 1.14 bits per heavy atom. The molecule has 1 saturated heterocycles. The predicted octanol–water partition coefficient (Wildman–Crippen LogP) is 2.75. The van der Waals surface area contributed by atoms with Gasteiger partial charge in [0.2, 0.25) is 0 Å². The van der Waals surface area contributed by atoms with Crippen LogP contribution in [0.2, 0.25) is 0 Å². The van der Waals surface area contributed by atoms with Crippen LogP contribution in [0.1, 0.15) is 30.4 Å². The average Bonchev–Trinajstić information content (AvgIpc) is 3.18. The second kappa shape index (κ2) is 4.93. The first-order valence-electron chi connectivity index (χ1n) is 7.32. The van der Waals surface area contributed by atoms with Crippen LogP contribution < -0.4 is 5.32 Å². The molecule has 0 radical (unpaired) electrons. The van der Waals surface area contributed by atoms with Crippen LogP contribution in [0.4, 0.5) is 0 Å². The quantitative estimate of drug-likeness (QED) is 0.757. The van der Waals surface area contributed by atoms with Crippen molar-refractivity contribution in [3.63, 3.8) is 0 Å². The van der Waals surface area contributed by atoms with Gasteiger partial charge in [-0.05, 0) is 44.0 Å². The minimum Gasteiger partial charge on any atom is -0.307 e. The SMILES string of the molecule is Cc1[nH]nc2ccc(-c3cnc(C4CCCN4)nc3)cc12. The van der Waals surface area contributed by atoms with E-state index in [2.05, 4.69) is 37.6 Å². The van der Waals surface area contributed by atoms with E-state index in [1.165, 1.54) is 6.42 Å². The minimum atomic E-state index is 0.317. The van der Waals surface area contributed by atoms with E-state index in [9.17, 15) is 0 Å². The number of rotatable bonds is 2. The van der Waals surface area contributed by atoms with Gasteiger partial charge in [0.25, 0.3) is 0 Å². The maximum atomic E-state index is 4.53.